The Morgan fingerprint density at radius 1 is 1.22 bits per heavy atom. The molecule has 1 aliphatic rings. The molecule has 1 saturated heterocycles. The monoisotopic (exact) mass is 282 g/mol. The Bertz CT molecular complexity index is 447. The molecule has 0 amide bonds. The minimum atomic E-state index is -0.249. The zero-order valence-electron chi connectivity index (χ0n) is 10.2. The van der Waals surface area contributed by atoms with Crippen molar-refractivity contribution in [2.24, 2.45) is 10.2 Å². The molecule has 1 fully saturated rings. The number of hydrogen-bond donors (Lipinski definition) is 0. The Kier molecular flexibility index (Phi) is 5.26. The molecule has 0 N–H and O–H groups in total. The first-order chi connectivity index (χ1) is 8.79. The van der Waals surface area contributed by atoms with E-state index in [-0.39, 0.29) is 5.82 Å². The predicted octanol–water partition coefficient (Wildman–Crippen LogP) is 5.36. The number of allylic oxidation sites excluding steroid dienone is 1. The molecular formula is C13H15FN2S2. The van der Waals surface area contributed by atoms with Gasteiger partial charge in [0.2, 0.25) is 0 Å². The second kappa shape index (κ2) is 6.95. The molecule has 0 unspecified atom stereocenters. The third-order valence-corrected chi connectivity index (χ3v) is 5.13. The summed E-state index contributed by atoms with van der Waals surface area (Å²) in [4.78, 5) is 0. The Morgan fingerprint density at radius 3 is 2.50 bits per heavy atom. The van der Waals surface area contributed by atoms with Crippen LogP contribution in [-0.4, -0.2) is 11.5 Å². The van der Waals surface area contributed by atoms with Gasteiger partial charge in [-0.05, 0) is 48.6 Å². The van der Waals surface area contributed by atoms with Crippen molar-refractivity contribution in [3.63, 3.8) is 0 Å². The largest absolute Gasteiger partial charge is 0.207 e. The fraction of sp³-hybridized carbons (Fsp3) is 0.385. The van der Waals surface area contributed by atoms with Crippen LogP contribution in [0.4, 0.5) is 10.1 Å². The molecule has 1 heterocycles. The quantitative estimate of drug-likeness (QED) is 0.697. The van der Waals surface area contributed by atoms with Gasteiger partial charge in [-0.3, -0.25) is 0 Å². The Hall–Kier alpha value is -0.810. The first-order valence-corrected chi connectivity index (χ1v) is 7.93. The van der Waals surface area contributed by atoms with Crippen LogP contribution in [0.1, 0.15) is 19.8 Å². The third kappa shape index (κ3) is 3.85. The van der Waals surface area contributed by atoms with E-state index in [0.29, 0.717) is 5.69 Å². The fourth-order valence-corrected chi connectivity index (χ4v) is 4.15. The van der Waals surface area contributed by atoms with Gasteiger partial charge in [-0.2, -0.15) is 10.2 Å². The van der Waals surface area contributed by atoms with Gasteiger partial charge < -0.3 is 0 Å². The van der Waals surface area contributed by atoms with Crippen molar-refractivity contribution in [3.05, 3.63) is 40.0 Å². The molecular weight excluding hydrogens is 267 g/mol. The maximum Gasteiger partial charge on any atom is 0.123 e. The SMILES string of the molecule is CCC(N=Nc1ccc(F)cc1)=C1SCCCS1. The minimum absolute atomic E-state index is 0.249. The van der Waals surface area contributed by atoms with E-state index in [4.69, 9.17) is 0 Å². The molecule has 2 nitrogen and oxygen atoms in total. The minimum Gasteiger partial charge on any atom is -0.207 e. The lowest BCUT2D eigenvalue weighted by Gasteiger charge is -2.14. The third-order valence-electron chi connectivity index (χ3n) is 2.44. The lowest BCUT2D eigenvalue weighted by molar-refractivity contribution is 0.628. The van der Waals surface area contributed by atoms with E-state index in [2.05, 4.69) is 17.2 Å². The fourth-order valence-electron chi connectivity index (χ4n) is 1.48. The summed E-state index contributed by atoms with van der Waals surface area (Å²) in [7, 11) is 0. The van der Waals surface area contributed by atoms with Crippen LogP contribution < -0.4 is 0 Å². The van der Waals surface area contributed by atoms with Crippen LogP contribution >= 0.6 is 23.5 Å². The molecule has 0 atom stereocenters. The Morgan fingerprint density at radius 2 is 1.89 bits per heavy atom. The van der Waals surface area contributed by atoms with Crippen LogP contribution in [0.3, 0.4) is 0 Å². The van der Waals surface area contributed by atoms with Crippen molar-refractivity contribution in [2.75, 3.05) is 11.5 Å². The van der Waals surface area contributed by atoms with Crippen molar-refractivity contribution in [2.45, 2.75) is 19.8 Å². The van der Waals surface area contributed by atoms with Crippen molar-refractivity contribution in [3.8, 4) is 0 Å². The summed E-state index contributed by atoms with van der Waals surface area (Å²) in [5.74, 6) is 2.08. The van der Waals surface area contributed by atoms with E-state index in [9.17, 15) is 4.39 Å². The van der Waals surface area contributed by atoms with Gasteiger partial charge in [-0.25, -0.2) is 4.39 Å². The molecule has 0 radical (unpaired) electrons. The maximum atomic E-state index is 12.8. The summed E-state index contributed by atoms with van der Waals surface area (Å²) in [5.41, 5.74) is 1.72. The molecule has 0 saturated carbocycles. The number of halogens is 1. The molecule has 1 aliphatic heterocycles. The average Bonchev–Trinajstić information content (AvgIpc) is 2.43. The second-order valence-corrected chi connectivity index (χ2v) is 6.28. The van der Waals surface area contributed by atoms with E-state index < -0.39 is 0 Å². The lowest BCUT2D eigenvalue weighted by atomic mass is 10.3. The summed E-state index contributed by atoms with van der Waals surface area (Å²) < 4.78 is 14.0. The van der Waals surface area contributed by atoms with Crippen LogP contribution in [0, 0.1) is 5.82 Å². The van der Waals surface area contributed by atoms with Crippen LogP contribution in [-0.2, 0) is 0 Å². The van der Waals surface area contributed by atoms with Gasteiger partial charge in [0.15, 0.2) is 0 Å². The number of nitrogens with zero attached hydrogens (tertiary/aromatic N) is 2. The highest BCUT2D eigenvalue weighted by Gasteiger charge is 2.11. The Balaban J connectivity index is 2.12. The molecule has 2 rings (SSSR count). The van der Waals surface area contributed by atoms with Crippen LogP contribution in [0.25, 0.3) is 0 Å². The van der Waals surface area contributed by atoms with Crippen LogP contribution in [0.5, 0.6) is 0 Å². The lowest BCUT2D eigenvalue weighted by Crippen LogP contribution is -1.94. The molecule has 18 heavy (non-hydrogen) atoms. The summed E-state index contributed by atoms with van der Waals surface area (Å²) in [6, 6.07) is 6.07. The molecule has 0 aliphatic carbocycles. The van der Waals surface area contributed by atoms with Crippen LogP contribution in [0.2, 0.25) is 0 Å². The Labute approximate surface area is 115 Å². The average molecular weight is 282 g/mol. The van der Waals surface area contributed by atoms with Crippen molar-refractivity contribution in [1.82, 2.24) is 0 Å². The molecule has 1 aromatic rings. The van der Waals surface area contributed by atoms with Crippen LogP contribution in [0.15, 0.2) is 44.4 Å². The zero-order valence-corrected chi connectivity index (χ0v) is 11.9. The number of thioether (sulfide) groups is 2. The van der Waals surface area contributed by atoms with Gasteiger partial charge >= 0.3 is 0 Å². The smallest absolute Gasteiger partial charge is 0.123 e. The topological polar surface area (TPSA) is 24.7 Å². The number of azo groups is 1. The maximum absolute atomic E-state index is 12.8. The molecule has 0 bridgehead atoms. The van der Waals surface area contributed by atoms with Crippen molar-refractivity contribution >= 4 is 29.2 Å². The summed E-state index contributed by atoms with van der Waals surface area (Å²) >= 11 is 3.72. The molecule has 5 heteroatoms. The summed E-state index contributed by atoms with van der Waals surface area (Å²) in [6.07, 6.45) is 2.13. The number of rotatable bonds is 3. The van der Waals surface area contributed by atoms with E-state index in [1.54, 1.807) is 12.1 Å². The van der Waals surface area contributed by atoms with E-state index in [1.807, 2.05) is 23.5 Å². The van der Waals surface area contributed by atoms with Gasteiger partial charge in [-0.1, -0.05) is 6.92 Å². The highest BCUT2D eigenvalue weighted by molar-refractivity contribution is 8.22. The van der Waals surface area contributed by atoms with Gasteiger partial charge in [0.05, 0.1) is 15.6 Å². The van der Waals surface area contributed by atoms with Gasteiger partial charge in [0, 0.05) is 0 Å². The number of hydrogen-bond acceptors (Lipinski definition) is 4. The van der Waals surface area contributed by atoms with Gasteiger partial charge in [0.25, 0.3) is 0 Å². The molecule has 0 aromatic heterocycles. The standard InChI is InChI=1S/C13H15FN2S2/c1-2-12(13-17-8-3-9-18-13)16-15-11-6-4-10(14)5-7-11/h4-7H,2-3,8-9H2,1H3. The van der Waals surface area contributed by atoms with Gasteiger partial charge in [0.1, 0.15) is 5.82 Å². The summed E-state index contributed by atoms with van der Waals surface area (Å²) in [6.45, 7) is 2.09. The van der Waals surface area contributed by atoms with Crippen molar-refractivity contribution in [1.29, 1.82) is 0 Å². The van der Waals surface area contributed by atoms with E-state index in [1.165, 1.54) is 22.8 Å². The van der Waals surface area contributed by atoms with Gasteiger partial charge in [-0.15, -0.1) is 23.5 Å². The first-order valence-electron chi connectivity index (χ1n) is 5.95. The molecule has 96 valence electrons. The first kappa shape index (κ1) is 13.6. The highest BCUT2D eigenvalue weighted by atomic mass is 32.2. The molecule has 1 aromatic carbocycles. The van der Waals surface area contributed by atoms with Crippen molar-refractivity contribution < 1.29 is 4.39 Å². The second-order valence-electron chi connectivity index (χ2n) is 3.81. The van der Waals surface area contributed by atoms with E-state index in [0.717, 1.165) is 23.6 Å². The number of benzene rings is 1. The molecule has 0 spiro atoms. The highest BCUT2D eigenvalue weighted by Crippen LogP contribution is 2.38. The predicted molar refractivity (Wildman–Crippen MR) is 77.8 cm³/mol. The zero-order chi connectivity index (χ0) is 12.8. The van der Waals surface area contributed by atoms with E-state index >= 15 is 0 Å². The summed E-state index contributed by atoms with van der Waals surface area (Å²) in [5, 5.41) is 8.47. The normalized spacial score (nSPS) is 16.2.